The maximum atomic E-state index is 12.0. The molecule has 2 N–H and O–H groups in total. The zero-order valence-corrected chi connectivity index (χ0v) is 10.6. The fraction of sp³-hybridized carbons (Fsp3) is 0.385. The van der Waals surface area contributed by atoms with Crippen molar-refractivity contribution in [3.63, 3.8) is 0 Å². The highest BCUT2D eigenvalue weighted by atomic mass is 16.5. The average molecular weight is 264 g/mol. The Hall–Kier alpha value is -1.92. The van der Waals surface area contributed by atoms with E-state index in [1.165, 1.54) is 7.11 Å². The third-order valence-electron chi connectivity index (χ3n) is 2.83. The Morgan fingerprint density at radius 2 is 2.21 bits per heavy atom. The van der Waals surface area contributed by atoms with Gasteiger partial charge in [0.05, 0.1) is 31.6 Å². The number of hydrogen-bond donors (Lipinski definition) is 2. The van der Waals surface area contributed by atoms with Crippen molar-refractivity contribution in [1.82, 2.24) is 5.32 Å². The summed E-state index contributed by atoms with van der Waals surface area (Å²) in [4.78, 5) is 23.6. The fourth-order valence-electron chi connectivity index (χ4n) is 1.83. The molecule has 1 aromatic carbocycles. The Morgan fingerprint density at radius 3 is 2.89 bits per heavy atom. The summed E-state index contributed by atoms with van der Waals surface area (Å²) in [6.07, 6.45) is 0. The van der Waals surface area contributed by atoms with Gasteiger partial charge in [-0.05, 0) is 12.1 Å². The topological polar surface area (TPSA) is 76.7 Å². The molecule has 1 amide bonds. The molecule has 1 heterocycles. The Morgan fingerprint density at radius 1 is 1.42 bits per heavy atom. The summed E-state index contributed by atoms with van der Waals surface area (Å²) >= 11 is 0. The normalized spacial score (nSPS) is 18.7. The number of para-hydroxylation sites is 1. The molecule has 2 rings (SSSR count). The number of carbonyl (C=O) groups is 2. The lowest BCUT2D eigenvalue weighted by molar-refractivity contribution is -0.120. The molecule has 102 valence electrons. The summed E-state index contributed by atoms with van der Waals surface area (Å²) in [7, 11) is 1.30. The van der Waals surface area contributed by atoms with Crippen molar-refractivity contribution >= 4 is 17.6 Å². The van der Waals surface area contributed by atoms with E-state index in [1.54, 1.807) is 24.3 Å². The molecule has 1 aliphatic rings. The van der Waals surface area contributed by atoms with Crippen molar-refractivity contribution in [2.45, 2.75) is 6.04 Å². The molecule has 0 bridgehead atoms. The molecule has 1 aromatic rings. The summed E-state index contributed by atoms with van der Waals surface area (Å²) in [5, 5.41) is 5.76. The van der Waals surface area contributed by atoms with Crippen LogP contribution >= 0.6 is 0 Å². The van der Waals surface area contributed by atoms with Crippen molar-refractivity contribution in [3.8, 4) is 0 Å². The van der Waals surface area contributed by atoms with Crippen LogP contribution in [0.15, 0.2) is 24.3 Å². The first-order valence-electron chi connectivity index (χ1n) is 6.01. The molecule has 19 heavy (non-hydrogen) atoms. The lowest BCUT2D eigenvalue weighted by Crippen LogP contribution is -2.49. The Bertz CT molecular complexity index is 469. The number of rotatable bonds is 3. The molecule has 1 atom stereocenters. The maximum absolute atomic E-state index is 12.0. The quantitative estimate of drug-likeness (QED) is 0.773. The smallest absolute Gasteiger partial charge is 0.339 e. The van der Waals surface area contributed by atoms with Gasteiger partial charge >= 0.3 is 5.97 Å². The predicted octanol–water partition coefficient (Wildman–Crippen LogP) is 0.400. The lowest BCUT2D eigenvalue weighted by atomic mass is 10.1. The van der Waals surface area contributed by atoms with Gasteiger partial charge in [0.1, 0.15) is 6.04 Å². The van der Waals surface area contributed by atoms with Crippen LogP contribution in [0, 0.1) is 0 Å². The van der Waals surface area contributed by atoms with Gasteiger partial charge in [0, 0.05) is 6.54 Å². The second kappa shape index (κ2) is 6.31. The molecule has 0 aromatic heterocycles. The predicted molar refractivity (Wildman–Crippen MR) is 69.0 cm³/mol. The van der Waals surface area contributed by atoms with E-state index in [0.29, 0.717) is 31.0 Å². The van der Waals surface area contributed by atoms with Crippen molar-refractivity contribution < 1.29 is 19.1 Å². The van der Waals surface area contributed by atoms with Gasteiger partial charge in [0.25, 0.3) is 0 Å². The van der Waals surface area contributed by atoms with E-state index < -0.39 is 12.0 Å². The molecule has 1 saturated heterocycles. The Balaban J connectivity index is 2.09. The van der Waals surface area contributed by atoms with Crippen LogP contribution in [-0.4, -0.2) is 44.8 Å². The molecular formula is C13H16N2O4. The van der Waals surface area contributed by atoms with Gasteiger partial charge in [-0.25, -0.2) is 4.79 Å². The van der Waals surface area contributed by atoms with Crippen LogP contribution in [0.2, 0.25) is 0 Å². The number of methoxy groups -OCH3 is 1. The van der Waals surface area contributed by atoms with Crippen molar-refractivity contribution in [1.29, 1.82) is 0 Å². The molecule has 0 spiro atoms. The van der Waals surface area contributed by atoms with Crippen molar-refractivity contribution in [3.05, 3.63) is 29.8 Å². The highest BCUT2D eigenvalue weighted by Crippen LogP contribution is 2.16. The highest BCUT2D eigenvalue weighted by molar-refractivity contribution is 6.02. The molecule has 1 aliphatic heterocycles. The fourth-order valence-corrected chi connectivity index (χ4v) is 1.83. The van der Waals surface area contributed by atoms with Gasteiger partial charge in [0.2, 0.25) is 5.91 Å². The number of esters is 1. The molecule has 6 heteroatoms. The van der Waals surface area contributed by atoms with Crippen LogP contribution in [0.1, 0.15) is 10.4 Å². The van der Waals surface area contributed by atoms with Crippen LogP contribution in [0.25, 0.3) is 0 Å². The van der Waals surface area contributed by atoms with Gasteiger partial charge in [-0.15, -0.1) is 0 Å². The number of anilines is 1. The molecule has 1 fully saturated rings. The molecule has 1 unspecified atom stereocenters. The van der Waals surface area contributed by atoms with Gasteiger partial charge in [-0.3, -0.25) is 4.79 Å². The standard InChI is InChI=1S/C13H16N2O4/c1-18-13(17)9-4-2-3-5-10(9)15-12(16)11-8-19-7-6-14-11/h2-5,11,14H,6-8H2,1H3,(H,15,16). The molecule has 0 aliphatic carbocycles. The largest absolute Gasteiger partial charge is 0.465 e. The minimum absolute atomic E-state index is 0.226. The first kappa shape index (κ1) is 13.5. The Kier molecular flexibility index (Phi) is 4.48. The summed E-state index contributed by atoms with van der Waals surface area (Å²) in [5.74, 6) is -0.709. The van der Waals surface area contributed by atoms with E-state index in [1.807, 2.05) is 0 Å². The number of morpholine rings is 1. The lowest BCUT2D eigenvalue weighted by Gasteiger charge is -2.23. The minimum Gasteiger partial charge on any atom is -0.465 e. The first-order chi connectivity index (χ1) is 9.22. The molecule has 0 saturated carbocycles. The summed E-state index contributed by atoms with van der Waals surface area (Å²) < 4.78 is 9.90. The van der Waals surface area contributed by atoms with Crippen LogP contribution < -0.4 is 10.6 Å². The Labute approximate surface area is 111 Å². The number of hydrogen-bond acceptors (Lipinski definition) is 5. The third-order valence-corrected chi connectivity index (χ3v) is 2.83. The van der Waals surface area contributed by atoms with E-state index in [2.05, 4.69) is 15.4 Å². The number of ether oxygens (including phenoxy) is 2. The summed E-state index contributed by atoms with van der Waals surface area (Å²) in [6.45, 7) is 1.56. The SMILES string of the molecule is COC(=O)c1ccccc1NC(=O)C1COCCN1. The summed E-state index contributed by atoms with van der Waals surface area (Å²) in [6, 6.07) is 6.32. The minimum atomic E-state index is -0.483. The molecule has 6 nitrogen and oxygen atoms in total. The zero-order valence-electron chi connectivity index (χ0n) is 10.6. The van der Waals surface area contributed by atoms with Gasteiger partial charge in [-0.2, -0.15) is 0 Å². The van der Waals surface area contributed by atoms with E-state index in [9.17, 15) is 9.59 Å². The monoisotopic (exact) mass is 264 g/mol. The van der Waals surface area contributed by atoms with E-state index in [-0.39, 0.29) is 5.91 Å². The average Bonchev–Trinajstić information content (AvgIpc) is 2.48. The van der Waals surface area contributed by atoms with Crippen LogP contribution in [-0.2, 0) is 14.3 Å². The highest BCUT2D eigenvalue weighted by Gasteiger charge is 2.22. The van der Waals surface area contributed by atoms with Crippen LogP contribution in [0.5, 0.6) is 0 Å². The second-order valence-electron chi connectivity index (χ2n) is 4.11. The zero-order chi connectivity index (χ0) is 13.7. The van der Waals surface area contributed by atoms with Crippen molar-refractivity contribution in [2.24, 2.45) is 0 Å². The van der Waals surface area contributed by atoms with Gasteiger partial charge in [0.15, 0.2) is 0 Å². The van der Waals surface area contributed by atoms with Crippen LogP contribution in [0.3, 0.4) is 0 Å². The third kappa shape index (κ3) is 3.30. The number of carbonyl (C=O) groups excluding carboxylic acids is 2. The number of nitrogens with one attached hydrogen (secondary N) is 2. The van der Waals surface area contributed by atoms with E-state index in [4.69, 9.17) is 4.74 Å². The maximum Gasteiger partial charge on any atom is 0.339 e. The van der Waals surface area contributed by atoms with Crippen molar-refractivity contribution in [2.75, 3.05) is 32.2 Å². The van der Waals surface area contributed by atoms with E-state index in [0.717, 1.165) is 0 Å². The second-order valence-corrected chi connectivity index (χ2v) is 4.11. The molecular weight excluding hydrogens is 248 g/mol. The molecule has 0 radical (unpaired) electrons. The van der Waals surface area contributed by atoms with E-state index >= 15 is 0 Å². The van der Waals surface area contributed by atoms with Gasteiger partial charge < -0.3 is 20.1 Å². The van der Waals surface area contributed by atoms with Crippen LogP contribution in [0.4, 0.5) is 5.69 Å². The number of amides is 1. The first-order valence-corrected chi connectivity index (χ1v) is 6.01. The number of benzene rings is 1. The summed E-state index contributed by atoms with van der Waals surface area (Å²) in [5.41, 5.74) is 0.766. The van der Waals surface area contributed by atoms with Gasteiger partial charge in [-0.1, -0.05) is 12.1 Å².